The molecule has 0 saturated carbocycles. The molecule has 0 spiro atoms. The number of aromatic hydroxyl groups is 1. The Morgan fingerprint density at radius 1 is 1.25 bits per heavy atom. The molecule has 0 saturated heterocycles. The largest absolute Gasteiger partial charge is 0.508 e. The summed E-state index contributed by atoms with van der Waals surface area (Å²) in [4.78, 5) is 8.95. The molecule has 3 rings (SSSR count). The van der Waals surface area contributed by atoms with Gasteiger partial charge in [-0.3, -0.25) is 0 Å². The van der Waals surface area contributed by atoms with Gasteiger partial charge in [0.05, 0.1) is 6.54 Å². The van der Waals surface area contributed by atoms with Crippen LogP contribution in [0, 0.1) is 6.92 Å². The van der Waals surface area contributed by atoms with E-state index in [1.54, 1.807) is 12.1 Å². The van der Waals surface area contributed by atoms with Crippen LogP contribution in [0.3, 0.4) is 0 Å². The molecule has 0 atom stereocenters. The fourth-order valence-electron chi connectivity index (χ4n) is 2.12. The number of nitrogens with zero attached hydrogens (tertiary/aromatic N) is 3. The van der Waals surface area contributed by atoms with Crippen molar-refractivity contribution in [2.24, 2.45) is 0 Å². The summed E-state index contributed by atoms with van der Waals surface area (Å²) >= 11 is 9.53. The van der Waals surface area contributed by atoms with Crippen molar-refractivity contribution < 1.29 is 5.11 Å². The summed E-state index contributed by atoms with van der Waals surface area (Å²) in [6, 6.07) is 8.76. The normalized spacial score (nSPS) is 11.2. The number of benzene rings is 1. The summed E-state index contributed by atoms with van der Waals surface area (Å²) < 4.78 is 2.76. The monoisotopic (exact) mass is 351 g/mol. The topological polar surface area (TPSA) is 50.9 Å². The van der Waals surface area contributed by atoms with E-state index in [0.29, 0.717) is 11.6 Å². The Hall–Kier alpha value is -1.59. The summed E-state index contributed by atoms with van der Waals surface area (Å²) in [6.07, 6.45) is 0. The minimum absolute atomic E-state index is 0.159. The molecule has 3 aromatic rings. The Morgan fingerprint density at radius 2 is 2.05 bits per heavy atom. The third-order valence-electron chi connectivity index (χ3n) is 3.11. The van der Waals surface area contributed by atoms with Gasteiger partial charge in [-0.25, -0.2) is 9.97 Å². The molecule has 0 aliphatic carbocycles. The first-order valence-electron chi connectivity index (χ1n) is 6.01. The van der Waals surface area contributed by atoms with Crippen LogP contribution in [-0.2, 0) is 6.54 Å². The van der Waals surface area contributed by atoms with Crippen molar-refractivity contribution in [2.45, 2.75) is 13.5 Å². The molecular formula is C14H11BrClN3O. The molecule has 0 aliphatic heterocycles. The van der Waals surface area contributed by atoms with Crippen molar-refractivity contribution in [2.75, 3.05) is 0 Å². The van der Waals surface area contributed by atoms with E-state index < -0.39 is 0 Å². The molecule has 0 bridgehead atoms. The lowest BCUT2D eigenvalue weighted by atomic mass is 10.2. The number of hydrogen-bond acceptors (Lipinski definition) is 3. The Balaban J connectivity index is 2.10. The lowest BCUT2D eigenvalue weighted by molar-refractivity contribution is 0.475. The molecule has 0 fully saturated rings. The van der Waals surface area contributed by atoms with Gasteiger partial charge in [0.15, 0.2) is 5.65 Å². The number of pyridine rings is 1. The van der Waals surface area contributed by atoms with Gasteiger partial charge in [0, 0.05) is 5.02 Å². The summed E-state index contributed by atoms with van der Waals surface area (Å²) in [7, 11) is 0. The Morgan fingerprint density at radius 3 is 2.80 bits per heavy atom. The van der Waals surface area contributed by atoms with Gasteiger partial charge < -0.3 is 9.67 Å². The number of phenolic OH excluding ortho intramolecular Hbond substituents is 1. The molecular weight excluding hydrogens is 342 g/mol. The van der Waals surface area contributed by atoms with Crippen LogP contribution in [0.15, 0.2) is 34.9 Å². The molecule has 4 nitrogen and oxygen atoms in total. The van der Waals surface area contributed by atoms with Crippen LogP contribution in [0.1, 0.15) is 11.4 Å². The highest BCUT2D eigenvalue weighted by molar-refractivity contribution is 9.10. The van der Waals surface area contributed by atoms with Crippen LogP contribution in [-0.4, -0.2) is 19.6 Å². The molecule has 20 heavy (non-hydrogen) atoms. The molecule has 102 valence electrons. The van der Waals surface area contributed by atoms with Crippen LogP contribution in [0.2, 0.25) is 5.02 Å². The summed E-state index contributed by atoms with van der Waals surface area (Å²) in [6.45, 7) is 2.49. The molecule has 2 aromatic heterocycles. The van der Waals surface area contributed by atoms with Crippen LogP contribution in [0.25, 0.3) is 11.2 Å². The van der Waals surface area contributed by atoms with Crippen LogP contribution < -0.4 is 0 Å². The molecule has 0 radical (unpaired) electrons. The molecule has 1 aromatic carbocycles. The van der Waals surface area contributed by atoms with Gasteiger partial charge in [0.1, 0.15) is 21.7 Å². The first-order chi connectivity index (χ1) is 9.54. The molecule has 6 heteroatoms. The van der Waals surface area contributed by atoms with Gasteiger partial charge >= 0.3 is 0 Å². The van der Waals surface area contributed by atoms with Gasteiger partial charge in [0.25, 0.3) is 0 Å². The highest BCUT2D eigenvalue weighted by Crippen LogP contribution is 2.24. The number of hydrogen-bond donors (Lipinski definition) is 1. The lowest BCUT2D eigenvalue weighted by Crippen LogP contribution is -2.03. The van der Waals surface area contributed by atoms with Gasteiger partial charge in [-0.1, -0.05) is 17.7 Å². The van der Waals surface area contributed by atoms with Crippen molar-refractivity contribution in [3.05, 3.63) is 51.3 Å². The number of halogens is 2. The zero-order valence-corrected chi connectivity index (χ0v) is 13.0. The Kier molecular flexibility index (Phi) is 3.40. The predicted molar refractivity (Wildman–Crippen MR) is 82.2 cm³/mol. The lowest BCUT2D eigenvalue weighted by Gasteiger charge is -2.08. The quantitative estimate of drug-likeness (QED) is 0.711. The van der Waals surface area contributed by atoms with Crippen LogP contribution in [0.4, 0.5) is 0 Å². The van der Waals surface area contributed by atoms with E-state index in [2.05, 4.69) is 25.9 Å². The van der Waals surface area contributed by atoms with Gasteiger partial charge in [-0.2, -0.15) is 0 Å². The highest BCUT2D eigenvalue weighted by atomic mass is 79.9. The first kappa shape index (κ1) is 13.4. The van der Waals surface area contributed by atoms with Crippen molar-refractivity contribution in [1.82, 2.24) is 14.5 Å². The summed E-state index contributed by atoms with van der Waals surface area (Å²) in [5, 5.41) is 9.93. The summed E-state index contributed by atoms with van der Waals surface area (Å²) in [5.41, 5.74) is 2.57. The number of aryl methyl sites for hydroxylation is 1. The minimum Gasteiger partial charge on any atom is -0.508 e. The average molecular weight is 353 g/mol. The third kappa shape index (κ3) is 2.39. The Bertz CT molecular complexity index is 800. The number of phenols is 1. The predicted octanol–water partition coefficient (Wildman–Crippen LogP) is 3.91. The van der Waals surface area contributed by atoms with Crippen molar-refractivity contribution in [1.29, 1.82) is 0 Å². The maximum absolute atomic E-state index is 9.40. The molecule has 2 heterocycles. The number of fused-ring (bicyclic) bond motifs is 1. The fraction of sp³-hybridized carbons (Fsp3) is 0.143. The number of aromatic nitrogens is 3. The highest BCUT2D eigenvalue weighted by Gasteiger charge is 2.11. The zero-order valence-electron chi connectivity index (χ0n) is 10.6. The van der Waals surface area contributed by atoms with E-state index in [9.17, 15) is 5.11 Å². The third-order valence-corrected chi connectivity index (χ3v) is 3.91. The summed E-state index contributed by atoms with van der Waals surface area (Å²) in [5.74, 6) is 1.03. The molecule has 0 unspecified atom stereocenters. The first-order valence-corrected chi connectivity index (χ1v) is 7.18. The van der Waals surface area contributed by atoms with Crippen LogP contribution in [0.5, 0.6) is 5.75 Å². The fourth-order valence-corrected chi connectivity index (χ4v) is 2.65. The molecule has 0 amide bonds. The van der Waals surface area contributed by atoms with Crippen molar-refractivity contribution >= 4 is 38.7 Å². The standard InChI is InChI=1S/C14H11BrClN3O/c1-8-17-12-4-5-13(15)18-14(12)19(8)7-9-2-3-10(20)6-11(9)16/h2-6,20H,7H2,1H3. The van der Waals surface area contributed by atoms with Gasteiger partial charge in [0.2, 0.25) is 0 Å². The second-order valence-electron chi connectivity index (χ2n) is 4.50. The second kappa shape index (κ2) is 5.07. The average Bonchev–Trinajstić information content (AvgIpc) is 2.69. The van der Waals surface area contributed by atoms with E-state index in [1.165, 1.54) is 6.07 Å². The SMILES string of the molecule is Cc1nc2ccc(Br)nc2n1Cc1ccc(O)cc1Cl. The maximum Gasteiger partial charge on any atom is 0.161 e. The Labute approximate surface area is 129 Å². The van der Waals surface area contributed by atoms with E-state index in [0.717, 1.165) is 27.2 Å². The van der Waals surface area contributed by atoms with E-state index in [1.807, 2.05) is 23.6 Å². The molecule has 1 N–H and O–H groups in total. The van der Waals surface area contributed by atoms with E-state index >= 15 is 0 Å². The maximum atomic E-state index is 9.40. The zero-order chi connectivity index (χ0) is 14.3. The van der Waals surface area contributed by atoms with Gasteiger partial charge in [-0.05, 0) is 52.7 Å². The van der Waals surface area contributed by atoms with Crippen LogP contribution >= 0.6 is 27.5 Å². The van der Waals surface area contributed by atoms with E-state index in [-0.39, 0.29) is 5.75 Å². The van der Waals surface area contributed by atoms with Gasteiger partial charge in [-0.15, -0.1) is 0 Å². The smallest absolute Gasteiger partial charge is 0.161 e. The molecule has 0 aliphatic rings. The van der Waals surface area contributed by atoms with Crippen molar-refractivity contribution in [3.63, 3.8) is 0 Å². The van der Waals surface area contributed by atoms with E-state index in [4.69, 9.17) is 11.6 Å². The van der Waals surface area contributed by atoms with Crippen molar-refractivity contribution in [3.8, 4) is 5.75 Å². The second-order valence-corrected chi connectivity index (χ2v) is 5.72. The minimum atomic E-state index is 0.159. The number of rotatable bonds is 2. The number of imidazole rings is 1.